The molecule has 0 saturated heterocycles. The van der Waals surface area contributed by atoms with Crippen molar-refractivity contribution in [2.75, 3.05) is 19.0 Å². The van der Waals surface area contributed by atoms with Gasteiger partial charge >= 0.3 is 0 Å². The van der Waals surface area contributed by atoms with Gasteiger partial charge in [0.25, 0.3) is 0 Å². The largest absolute Gasteiger partial charge is 0.495 e. The van der Waals surface area contributed by atoms with Gasteiger partial charge in [-0.25, -0.2) is 4.98 Å². The first-order chi connectivity index (χ1) is 15.4. The molecule has 0 radical (unpaired) electrons. The number of ether oxygens (including phenoxy) is 2. The van der Waals surface area contributed by atoms with E-state index in [1.165, 1.54) is 13.2 Å². The van der Waals surface area contributed by atoms with E-state index in [0.717, 1.165) is 21.8 Å². The van der Waals surface area contributed by atoms with Gasteiger partial charge in [0.1, 0.15) is 18.1 Å². The second kappa shape index (κ2) is 11.1. The SMILES string of the molecule is COc1ccc(C)cc1NC(=O)CNC(=O)/C=C/c1cccc(OCc2csc(C)n2)c1. The van der Waals surface area contributed by atoms with E-state index in [4.69, 9.17) is 9.47 Å². The Bertz CT molecular complexity index is 1120. The van der Waals surface area contributed by atoms with Crippen molar-refractivity contribution in [2.24, 2.45) is 0 Å². The van der Waals surface area contributed by atoms with Gasteiger partial charge in [-0.3, -0.25) is 9.59 Å². The summed E-state index contributed by atoms with van der Waals surface area (Å²) in [5.74, 6) is 0.524. The molecule has 3 rings (SSSR count). The Kier molecular flexibility index (Phi) is 7.99. The van der Waals surface area contributed by atoms with E-state index in [-0.39, 0.29) is 18.4 Å². The number of amides is 2. The number of nitrogens with one attached hydrogen (secondary N) is 2. The molecule has 0 aliphatic heterocycles. The van der Waals surface area contributed by atoms with E-state index < -0.39 is 0 Å². The molecule has 0 aliphatic rings. The van der Waals surface area contributed by atoms with Crippen LogP contribution in [0.5, 0.6) is 11.5 Å². The van der Waals surface area contributed by atoms with Crippen LogP contribution < -0.4 is 20.1 Å². The number of anilines is 1. The van der Waals surface area contributed by atoms with E-state index in [9.17, 15) is 9.59 Å². The fourth-order valence-corrected chi connectivity index (χ4v) is 3.45. The van der Waals surface area contributed by atoms with Gasteiger partial charge in [0, 0.05) is 11.5 Å². The molecule has 2 aromatic carbocycles. The highest BCUT2D eigenvalue weighted by Crippen LogP contribution is 2.25. The Morgan fingerprint density at radius 1 is 1.16 bits per heavy atom. The molecule has 0 saturated carbocycles. The average molecular weight is 452 g/mol. The van der Waals surface area contributed by atoms with Crippen molar-refractivity contribution in [3.8, 4) is 11.5 Å². The normalized spacial score (nSPS) is 10.7. The maximum Gasteiger partial charge on any atom is 0.244 e. The van der Waals surface area contributed by atoms with Crippen LogP contribution in [0.15, 0.2) is 53.9 Å². The van der Waals surface area contributed by atoms with Crippen molar-refractivity contribution < 1.29 is 19.1 Å². The topological polar surface area (TPSA) is 89.6 Å². The van der Waals surface area contributed by atoms with Gasteiger partial charge in [0.05, 0.1) is 30.0 Å². The highest BCUT2D eigenvalue weighted by atomic mass is 32.1. The van der Waals surface area contributed by atoms with Crippen LogP contribution in [0, 0.1) is 13.8 Å². The minimum Gasteiger partial charge on any atom is -0.495 e. The minimum absolute atomic E-state index is 0.156. The molecule has 0 bridgehead atoms. The van der Waals surface area contributed by atoms with E-state index in [0.29, 0.717) is 23.8 Å². The van der Waals surface area contributed by atoms with E-state index >= 15 is 0 Å². The number of carbonyl (C=O) groups excluding carboxylic acids is 2. The summed E-state index contributed by atoms with van der Waals surface area (Å²) < 4.78 is 11.0. The number of carbonyl (C=O) groups is 2. The number of methoxy groups -OCH3 is 1. The van der Waals surface area contributed by atoms with Crippen molar-refractivity contribution >= 4 is 34.9 Å². The minimum atomic E-state index is -0.374. The summed E-state index contributed by atoms with van der Waals surface area (Å²) in [6.45, 7) is 4.10. The van der Waals surface area contributed by atoms with Gasteiger partial charge in [-0.2, -0.15) is 0 Å². The maximum absolute atomic E-state index is 12.2. The lowest BCUT2D eigenvalue weighted by Crippen LogP contribution is -2.31. The summed E-state index contributed by atoms with van der Waals surface area (Å²) in [5.41, 5.74) is 3.24. The number of aromatic nitrogens is 1. The third kappa shape index (κ3) is 6.95. The number of benzene rings is 2. The predicted molar refractivity (Wildman–Crippen MR) is 126 cm³/mol. The third-order valence-corrected chi connectivity index (χ3v) is 5.21. The highest BCUT2D eigenvalue weighted by Gasteiger charge is 2.09. The van der Waals surface area contributed by atoms with Crippen LogP contribution in [-0.4, -0.2) is 30.5 Å². The van der Waals surface area contributed by atoms with Crippen LogP contribution >= 0.6 is 11.3 Å². The Labute approximate surface area is 191 Å². The Morgan fingerprint density at radius 2 is 2.00 bits per heavy atom. The fourth-order valence-electron chi connectivity index (χ4n) is 2.85. The molecule has 0 unspecified atom stereocenters. The molecule has 166 valence electrons. The number of thiazole rings is 1. The first-order valence-electron chi connectivity index (χ1n) is 9.97. The summed E-state index contributed by atoms with van der Waals surface area (Å²) >= 11 is 1.58. The predicted octanol–water partition coefficient (Wildman–Crippen LogP) is 4.12. The number of rotatable bonds is 9. The third-order valence-electron chi connectivity index (χ3n) is 4.39. The summed E-state index contributed by atoms with van der Waals surface area (Å²) in [5, 5.41) is 8.28. The van der Waals surface area contributed by atoms with Crippen LogP contribution in [-0.2, 0) is 16.2 Å². The van der Waals surface area contributed by atoms with Crippen LogP contribution in [0.1, 0.15) is 21.8 Å². The molecule has 0 aliphatic carbocycles. The standard InChI is InChI=1S/C24H25N3O4S/c1-16-7-9-22(30-3)21(11-16)27-24(29)13-25-23(28)10-8-18-5-4-6-20(12-18)31-14-19-15-32-17(2)26-19/h4-12,15H,13-14H2,1-3H3,(H,25,28)(H,27,29)/b10-8+. The molecule has 7 nitrogen and oxygen atoms in total. The maximum atomic E-state index is 12.2. The summed E-state index contributed by atoms with van der Waals surface area (Å²) in [6.07, 6.45) is 3.04. The molecular weight excluding hydrogens is 426 g/mol. The van der Waals surface area contributed by atoms with E-state index in [1.807, 2.05) is 55.6 Å². The van der Waals surface area contributed by atoms with Crippen molar-refractivity contribution in [1.82, 2.24) is 10.3 Å². The summed E-state index contributed by atoms with van der Waals surface area (Å²) in [6, 6.07) is 12.9. The Morgan fingerprint density at radius 3 is 2.75 bits per heavy atom. The molecule has 0 spiro atoms. The van der Waals surface area contributed by atoms with Crippen molar-refractivity contribution in [3.05, 3.63) is 75.7 Å². The van der Waals surface area contributed by atoms with Gasteiger partial charge in [0.2, 0.25) is 11.8 Å². The lowest BCUT2D eigenvalue weighted by Gasteiger charge is -2.11. The Hall–Kier alpha value is -3.65. The van der Waals surface area contributed by atoms with Crippen molar-refractivity contribution in [3.63, 3.8) is 0 Å². The number of nitrogens with zero attached hydrogens (tertiary/aromatic N) is 1. The van der Waals surface area contributed by atoms with Crippen molar-refractivity contribution in [2.45, 2.75) is 20.5 Å². The van der Waals surface area contributed by atoms with Gasteiger partial charge < -0.3 is 20.1 Å². The van der Waals surface area contributed by atoms with Crippen molar-refractivity contribution in [1.29, 1.82) is 0 Å². The van der Waals surface area contributed by atoms with Gasteiger partial charge in [-0.15, -0.1) is 11.3 Å². The van der Waals surface area contributed by atoms with Gasteiger partial charge in [-0.1, -0.05) is 18.2 Å². The first kappa shape index (κ1) is 23.0. The van der Waals surface area contributed by atoms with Gasteiger partial charge in [-0.05, 0) is 55.3 Å². The second-order valence-electron chi connectivity index (χ2n) is 7.02. The second-order valence-corrected chi connectivity index (χ2v) is 8.08. The zero-order valence-corrected chi connectivity index (χ0v) is 19.0. The molecule has 0 atom stereocenters. The van der Waals surface area contributed by atoms with Crippen LogP contribution in [0.3, 0.4) is 0 Å². The van der Waals surface area contributed by atoms with Crippen LogP contribution in [0.2, 0.25) is 0 Å². The average Bonchev–Trinajstić information content (AvgIpc) is 3.20. The smallest absolute Gasteiger partial charge is 0.244 e. The quantitative estimate of drug-likeness (QED) is 0.478. The number of aryl methyl sites for hydroxylation is 2. The molecule has 2 amide bonds. The molecule has 0 fully saturated rings. The molecular formula is C24H25N3O4S. The monoisotopic (exact) mass is 451 g/mol. The summed E-state index contributed by atoms with van der Waals surface area (Å²) in [7, 11) is 1.53. The lowest BCUT2D eigenvalue weighted by atomic mass is 10.2. The summed E-state index contributed by atoms with van der Waals surface area (Å²) in [4.78, 5) is 28.7. The van der Waals surface area contributed by atoms with Crippen LogP contribution in [0.25, 0.3) is 6.08 Å². The van der Waals surface area contributed by atoms with E-state index in [1.54, 1.807) is 23.5 Å². The highest BCUT2D eigenvalue weighted by molar-refractivity contribution is 7.09. The molecule has 2 N–H and O–H groups in total. The molecule has 32 heavy (non-hydrogen) atoms. The molecule has 8 heteroatoms. The zero-order valence-electron chi connectivity index (χ0n) is 18.2. The molecule has 3 aromatic rings. The molecule has 1 heterocycles. The Balaban J connectivity index is 1.48. The van der Waals surface area contributed by atoms with E-state index in [2.05, 4.69) is 15.6 Å². The lowest BCUT2D eigenvalue weighted by molar-refractivity contribution is -0.121. The van der Waals surface area contributed by atoms with Gasteiger partial charge in [0.15, 0.2) is 0 Å². The first-order valence-corrected chi connectivity index (χ1v) is 10.8. The number of hydrogen-bond donors (Lipinski definition) is 2. The van der Waals surface area contributed by atoms with Crippen LogP contribution in [0.4, 0.5) is 5.69 Å². The fraction of sp³-hybridized carbons (Fsp3) is 0.208. The molecule has 1 aromatic heterocycles. The number of hydrogen-bond acceptors (Lipinski definition) is 6. The zero-order chi connectivity index (χ0) is 22.9.